The van der Waals surface area contributed by atoms with E-state index in [1.807, 2.05) is 18.2 Å². The van der Waals surface area contributed by atoms with Crippen molar-refractivity contribution in [3.8, 4) is 17.2 Å². The molecule has 0 N–H and O–H groups in total. The lowest BCUT2D eigenvalue weighted by Gasteiger charge is -2.20. The first kappa shape index (κ1) is 21.6. The van der Waals surface area contributed by atoms with Gasteiger partial charge >= 0.3 is 5.97 Å². The van der Waals surface area contributed by atoms with Gasteiger partial charge in [0.1, 0.15) is 0 Å². The van der Waals surface area contributed by atoms with Gasteiger partial charge in [-0.2, -0.15) is 0 Å². The fourth-order valence-corrected chi connectivity index (χ4v) is 2.93. The Morgan fingerprint density at radius 1 is 0.964 bits per heavy atom. The molecule has 2 aromatic carbocycles. The summed E-state index contributed by atoms with van der Waals surface area (Å²) >= 11 is 0. The molecule has 0 aliphatic carbocycles. The van der Waals surface area contributed by atoms with Crippen molar-refractivity contribution in [2.24, 2.45) is 0 Å². The van der Waals surface area contributed by atoms with Crippen LogP contribution in [0.2, 0.25) is 0 Å². The third kappa shape index (κ3) is 5.89. The molecule has 0 atom stereocenters. The van der Waals surface area contributed by atoms with E-state index in [0.717, 1.165) is 26.1 Å². The second-order valence-corrected chi connectivity index (χ2v) is 6.26. The van der Waals surface area contributed by atoms with E-state index < -0.39 is 5.97 Å². The Balaban J connectivity index is 1.88. The molecule has 0 aromatic heterocycles. The van der Waals surface area contributed by atoms with Crippen molar-refractivity contribution in [2.45, 2.75) is 19.9 Å². The maximum atomic E-state index is 12.4. The fourth-order valence-electron chi connectivity index (χ4n) is 2.93. The average Bonchev–Trinajstić information content (AvgIpc) is 2.75. The van der Waals surface area contributed by atoms with Crippen LogP contribution in [0.15, 0.2) is 42.5 Å². The standard InChI is InChI=1S/C22H29NO5/c1-5-23(16-17-10-7-6-8-11-17)12-9-13-28-22(24)18-14-19(25-2)21(27-4)20(15-18)26-3/h6-8,10-11,14-15H,5,9,12-13,16H2,1-4H3. The molecule has 0 amide bonds. The van der Waals surface area contributed by atoms with E-state index in [0.29, 0.717) is 29.4 Å². The predicted molar refractivity (Wildman–Crippen MR) is 108 cm³/mol. The summed E-state index contributed by atoms with van der Waals surface area (Å²) in [6, 6.07) is 13.5. The molecule has 0 bridgehead atoms. The molecule has 2 aromatic rings. The maximum absolute atomic E-state index is 12.4. The Morgan fingerprint density at radius 2 is 1.61 bits per heavy atom. The molecular formula is C22H29NO5. The summed E-state index contributed by atoms with van der Waals surface area (Å²) in [5, 5.41) is 0. The minimum Gasteiger partial charge on any atom is -0.493 e. The van der Waals surface area contributed by atoms with Gasteiger partial charge in [-0.05, 0) is 30.7 Å². The number of nitrogens with zero attached hydrogens (tertiary/aromatic N) is 1. The Bertz CT molecular complexity index is 723. The molecule has 0 saturated heterocycles. The van der Waals surface area contributed by atoms with E-state index in [1.54, 1.807) is 12.1 Å². The number of esters is 1. The third-order valence-electron chi connectivity index (χ3n) is 4.45. The van der Waals surface area contributed by atoms with Gasteiger partial charge in [-0.1, -0.05) is 37.3 Å². The van der Waals surface area contributed by atoms with Crippen LogP contribution in [0.4, 0.5) is 0 Å². The van der Waals surface area contributed by atoms with E-state index >= 15 is 0 Å². The Hall–Kier alpha value is -2.73. The minimum absolute atomic E-state index is 0.348. The Morgan fingerprint density at radius 3 is 2.14 bits per heavy atom. The molecule has 0 spiro atoms. The van der Waals surface area contributed by atoms with Gasteiger partial charge in [-0.15, -0.1) is 0 Å². The van der Waals surface area contributed by atoms with Crippen LogP contribution in [0.3, 0.4) is 0 Å². The number of rotatable bonds is 11. The summed E-state index contributed by atoms with van der Waals surface area (Å²) < 4.78 is 21.3. The number of ether oxygens (including phenoxy) is 4. The largest absolute Gasteiger partial charge is 0.493 e. The van der Waals surface area contributed by atoms with Crippen molar-refractivity contribution in [1.29, 1.82) is 0 Å². The van der Waals surface area contributed by atoms with Gasteiger partial charge in [0.15, 0.2) is 11.5 Å². The van der Waals surface area contributed by atoms with Gasteiger partial charge < -0.3 is 18.9 Å². The molecule has 28 heavy (non-hydrogen) atoms. The summed E-state index contributed by atoms with van der Waals surface area (Å²) in [7, 11) is 4.55. The van der Waals surface area contributed by atoms with Gasteiger partial charge in [-0.3, -0.25) is 4.90 Å². The first-order chi connectivity index (χ1) is 13.6. The van der Waals surface area contributed by atoms with E-state index in [-0.39, 0.29) is 0 Å². The zero-order valence-corrected chi connectivity index (χ0v) is 17.1. The zero-order chi connectivity index (χ0) is 20.4. The molecule has 152 valence electrons. The molecule has 0 aliphatic rings. The first-order valence-corrected chi connectivity index (χ1v) is 9.36. The molecule has 0 unspecified atom stereocenters. The highest BCUT2D eigenvalue weighted by molar-refractivity contribution is 5.91. The van der Waals surface area contributed by atoms with Crippen LogP contribution in [0.5, 0.6) is 17.2 Å². The summed E-state index contributed by atoms with van der Waals surface area (Å²) in [6.07, 6.45) is 0.761. The molecule has 6 nitrogen and oxygen atoms in total. The second-order valence-electron chi connectivity index (χ2n) is 6.26. The number of hydrogen-bond acceptors (Lipinski definition) is 6. The van der Waals surface area contributed by atoms with Gasteiger partial charge in [0.25, 0.3) is 0 Å². The van der Waals surface area contributed by atoms with E-state index in [2.05, 4.69) is 24.0 Å². The molecule has 2 rings (SSSR count). The lowest BCUT2D eigenvalue weighted by atomic mass is 10.2. The number of hydrogen-bond donors (Lipinski definition) is 0. The SMILES string of the molecule is CCN(CCCOC(=O)c1cc(OC)c(OC)c(OC)c1)Cc1ccccc1. The maximum Gasteiger partial charge on any atom is 0.338 e. The van der Waals surface area contributed by atoms with Crippen LogP contribution in [-0.2, 0) is 11.3 Å². The first-order valence-electron chi connectivity index (χ1n) is 9.36. The highest BCUT2D eigenvalue weighted by Crippen LogP contribution is 2.38. The molecule has 0 aliphatic heterocycles. The summed E-state index contributed by atoms with van der Waals surface area (Å²) in [5.41, 5.74) is 1.64. The highest BCUT2D eigenvalue weighted by atomic mass is 16.5. The summed E-state index contributed by atoms with van der Waals surface area (Å²) in [6.45, 7) is 5.16. The van der Waals surface area contributed by atoms with Crippen molar-refractivity contribution >= 4 is 5.97 Å². The van der Waals surface area contributed by atoms with Crippen LogP contribution in [0.1, 0.15) is 29.3 Å². The summed E-state index contributed by atoms with van der Waals surface area (Å²) in [5.74, 6) is 0.883. The van der Waals surface area contributed by atoms with Crippen molar-refractivity contribution in [3.63, 3.8) is 0 Å². The Labute approximate surface area is 167 Å². The third-order valence-corrected chi connectivity index (χ3v) is 4.45. The van der Waals surface area contributed by atoms with Gasteiger partial charge in [0.2, 0.25) is 5.75 Å². The van der Waals surface area contributed by atoms with E-state index in [9.17, 15) is 4.79 Å². The smallest absolute Gasteiger partial charge is 0.338 e. The molecule has 0 saturated carbocycles. The van der Waals surface area contributed by atoms with Crippen molar-refractivity contribution in [1.82, 2.24) is 4.90 Å². The molecular weight excluding hydrogens is 358 g/mol. The topological polar surface area (TPSA) is 57.2 Å². The van der Waals surface area contributed by atoms with Crippen LogP contribution < -0.4 is 14.2 Å². The monoisotopic (exact) mass is 387 g/mol. The average molecular weight is 387 g/mol. The number of carbonyl (C=O) groups is 1. The van der Waals surface area contributed by atoms with Gasteiger partial charge in [0, 0.05) is 13.1 Å². The summed E-state index contributed by atoms with van der Waals surface area (Å²) in [4.78, 5) is 14.7. The predicted octanol–water partition coefficient (Wildman–Crippen LogP) is 3.78. The Kier molecular flexibility index (Phi) is 8.62. The molecule has 6 heteroatoms. The fraction of sp³-hybridized carbons (Fsp3) is 0.409. The van der Waals surface area contributed by atoms with Crippen LogP contribution in [0.25, 0.3) is 0 Å². The molecule has 0 heterocycles. The van der Waals surface area contributed by atoms with Crippen molar-refractivity contribution in [3.05, 3.63) is 53.6 Å². The number of benzene rings is 2. The minimum atomic E-state index is -0.412. The van der Waals surface area contributed by atoms with Gasteiger partial charge in [0.05, 0.1) is 33.5 Å². The van der Waals surface area contributed by atoms with Crippen molar-refractivity contribution in [2.75, 3.05) is 41.0 Å². The normalized spacial score (nSPS) is 10.6. The quantitative estimate of drug-likeness (QED) is 0.432. The van der Waals surface area contributed by atoms with Crippen LogP contribution in [-0.4, -0.2) is 51.9 Å². The van der Waals surface area contributed by atoms with Crippen LogP contribution in [0, 0.1) is 0 Å². The number of carbonyl (C=O) groups excluding carboxylic acids is 1. The molecule has 0 radical (unpaired) electrons. The number of methoxy groups -OCH3 is 3. The zero-order valence-electron chi connectivity index (χ0n) is 17.1. The second kappa shape index (κ2) is 11.2. The highest BCUT2D eigenvalue weighted by Gasteiger charge is 2.17. The lowest BCUT2D eigenvalue weighted by Crippen LogP contribution is -2.25. The lowest BCUT2D eigenvalue weighted by molar-refractivity contribution is 0.0486. The van der Waals surface area contributed by atoms with Crippen LogP contribution >= 0.6 is 0 Å². The van der Waals surface area contributed by atoms with Gasteiger partial charge in [-0.25, -0.2) is 4.79 Å². The van der Waals surface area contributed by atoms with Crippen molar-refractivity contribution < 1.29 is 23.7 Å². The molecule has 0 fully saturated rings. The van der Waals surface area contributed by atoms with E-state index in [4.69, 9.17) is 18.9 Å². The van der Waals surface area contributed by atoms with E-state index in [1.165, 1.54) is 26.9 Å².